The van der Waals surface area contributed by atoms with Crippen molar-refractivity contribution in [2.45, 2.75) is 43.0 Å². The molecule has 0 fully saturated rings. The van der Waals surface area contributed by atoms with Crippen LogP contribution in [0.25, 0.3) is 0 Å². The molecule has 0 aliphatic heterocycles. The van der Waals surface area contributed by atoms with E-state index < -0.39 is 62.8 Å². The first-order valence-corrected chi connectivity index (χ1v) is 10.4. The van der Waals surface area contributed by atoms with E-state index in [0.29, 0.717) is 0 Å². The first-order chi connectivity index (χ1) is 15.3. The number of rotatable bonds is 4. The molecule has 0 radical (unpaired) electrons. The van der Waals surface area contributed by atoms with Crippen LogP contribution < -0.4 is 4.74 Å². The number of carbonyl (C=O) groups excluding carboxylic acids is 1. The van der Waals surface area contributed by atoms with Crippen molar-refractivity contribution in [3.05, 3.63) is 69.4 Å². The van der Waals surface area contributed by atoms with Crippen molar-refractivity contribution in [2.24, 2.45) is 0 Å². The minimum absolute atomic E-state index is 0.0568. The van der Waals surface area contributed by atoms with Crippen LogP contribution in [0.3, 0.4) is 0 Å². The summed E-state index contributed by atoms with van der Waals surface area (Å²) < 4.78 is 90.0. The molecule has 1 aromatic heterocycles. The topological polar surface area (TPSA) is 44.1 Å². The average Bonchev–Trinajstić information content (AvgIpc) is 3.03. The molecular weight excluding hydrogens is 494 g/mol. The van der Waals surface area contributed by atoms with Gasteiger partial charge in [-0.3, -0.25) is 0 Å². The zero-order valence-corrected chi connectivity index (χ0v) is 19.1. The van der Waals surface area contributed by atoms with Gasteiger partial charge in [0, 0.05) is 0 Å². The van der Waals surface area contributed by atoms with Crippen LogP contribution in [0.5, 0.6) is 5.88 Å². The Morgan fingerprint density at radius 1 is 0.970 bits per heavy atom. The fourth-order valence-corrected chi connectivity index (χ4v) is 3.97. The number of hydrogen-bond donors (Lipinski definition) is 0. The van der Waals surface area contributed by atoms with Crippen LogP contribution >= 0.6 is 23.4 Å². The number of aromatic nitrogens is 2. The van der Waals surface area contributed by atoms with E-state index in [-0.39, 0.29) is 27.4 Å². The second-order valence-electron chi connectivity index (χ2n) is 7.79. The summed E-state index contributed by atoms with van der Waals surface area (Å²) >= 11 is 6.03. The smallest absolute Gasteiger partial charge is 0.349 e. The van der Waals surface area contributed by atoms with Crippen molar-refractivity contribution < 1.29 is 35.9 Å². The van der Waals surface area contributed by atoms with Crippen molar-refractivity contribution in [3.8, 4) is 5.88 Å². The predicted molar refractivity (Wildman–Crippen MR) is 109 cm³/mol. The molecule has 2 aromatic carbocycles. The summed E-state index contributed by atoms with van der Waals surface area (Å²) in [7, 11) is 0. The van der Waals surface area contributed by atoms with E-state index in [4.69, 9.17) is 16.3 Å². The maximum absolute atomic E-state index is 14.3. The van der Waals surface area contributed by atoms with E-state index in [1.54, 1.807) is 20.8 Å². The maximum atomic E-state index is 14.3. The molecule has 0 amide bonds. The van der Waals surface area contributed by atoms with Gasteiger partial charge in [0.1, 0.15) is 11.4 Å². The summed E-state index contributed by atoms with van der Waals surface area (Å²) in [6.45, 7) is 6.34. The molecule has 33 heavy (non-hydrogen) atoms. The number of halogens is 7. The van der Waals surface area contributed by atoms with Gasteiger partial charge < -0.3 is 4.74 Å². The molecule has 0 aliphatic rings. The molecular formula is C21H15ClF6N2O2S. The summed E-state index contributed by atoms with van der Waals surface area (Å²) in [5.74, 6) is -13.3. The number of benzene rings is 2. The fraction of sp³-hybridized carbons (Fsp3) is 0.238. The lowest BCUT2D eigenvalue weighted by Gasteiger charge is -2.22. The van der Waals surface area contributed by atoms with Crippen LogP contribution in [0.2, 0.25) is 5.02 Å². The lowest BCUT2D eigenvalue weighted by molar-refractivity contribution is 0.0699. The Morgan fingerprint density at radius 2 is 1.52 bits per heavy atom. The van der Waals surface area contributed by atoms with Crippen LogP contribution in [0.4, 0.5) is 26.3 Å². The Labute approximate surface area is 193 Å². The van der Waals surface area contributed by atoms with Crippen LogP contribution in [0, 0.1) is 41.8 Å². The van der Waals surface area contributed by atoms with E-state index in [9.17, 15) is 31.1 Å². The number of hydrogen-bond acceptors (Lipinski definition) is 4. The Morgan fingerprint density at radius 3 is 2.03 bits per heavy atom. The number of nitrogens with zero attached hydrogens (tertiary/aromatic N) is 2. The first-order valence-electron chi connectivity index (χ1n) is 9.21. The van der Waals surface area contributed by atoms with E-state index in [2.05, 4.69) is 5.10 Å². The third-order valence-electron chi connectivity index (χ3n) is 4.33. The molecule has 3 rings (SSSR count). The van der Waals surface area contributed by atoms with Gasteiger partial charge >= 0.3 is 5.97 Å². The number of esters is 1. The van der Waals surface area contributed by atoms with Crippen LogP contribution in [0.15, 0.2) is 28.0 Å². The average molecular weight is 509 g/mol. The molecule has 0 unspecified atom stereocenters. The molecule has 0 atom stereocenters. The minimum atomic E-state index is -2.31. The highest BCUT2D eigenvalue weighted by molar-refractivity contribution is 7.99. The quantitative estimate of drug-likeness (QED) is 0.168. The van der Waals surface area contributed by atoms with Crippen LogP contribution in [-0.4, -0.2) is 15.7 Å². The summed E-state index contributed by atoms with van der Waals surface area (Å²) in [5, 5.41) is 3.92. The molecule has 4 nitrogen and oxygen atoms in total. The van der Waals surface area contributed by atoms with E-state index in [1.165, 1.54) is 23.7 Å². The highest BCUT2D eigenvalue weighted by Crippen LogP contribution is 2.43. The van der Waals surface area contributed by atoms with Gasteiger partial charge in [-0.15, -0.1) is 0 Å². The molecule has 3 aromatic rings. The van der Waals surface area contributed by atoms with Crippen molar-refractivity contribution in [3.63, 3.8) is 0 Å². The van der Waals surface area contributed by atoms with Gasteiger partial charge in [0.05, 0.1) is 26.0 Å². The fourth-order valence-electron chi connectivity index (χ4n) is 2.76. The lowest BCUT2D eigenvalue weighted by Crippen LogP contribution is -2.25. The molecule has 0 bridgehead atoms. The summed E-state index contributed by atoms with van der Waals surface area (Å²) in [6.07, 6.45) is 0. The third kappa shape index (κ3) is 4.56. The SMILES string of the molecule is Cc1nn(C(C)(C)C)c(OC(=O)c2c(F)cccc2Cl)c1Sc1c(F)c(F)c(F)c(F)c1F. The van der Waals surface area contributed by atoms with Crippen molar-refractivity contribution in [1.82, 2.24) is 9.78 Å². The number of carbonyl (C=O) groups is 1. The molecule has 0 aliphatic carbocycles. The maximum Gasteiger partial charge on any atom is 0.349 e. The second kappa shape index (κ2) is 8.94. The predicted octanol–water partition coefficient (Wildman–Crippen LogP) is 6.80. The zero-order valence-electron chi connectivity index (χ0n) is 17.5. The number of ether oxygens (including phenoxy) is 1. The van der Waals surface area contributed by atoms with Crippen molar-refractivity contribution in [1.29, 1.82) is 0 Å². The lowest BCUT2D eigenvalue weighted by atomic mass is 10.1. The van der Waals surface area contributed by atoms with Gasteiger partial charge in [-0.1, -0.05) is 29.4 Å². The largest absolute Gasteiger partial charge is 0.403 e. The molecule has 0 saturated carbocycles. The Balaban J connectivity index is 2.17. The molecule has 1 heterocycles. The number of aryl methyl sites for hydroxylation is 1. The van der Waals surface area contributed by atoms with Gasteiger partial charge in [-0.2, -0.15) is 5.10 Å². The summed E-state index contributed by atoms with van der Waals surface area (Å²) in [4.78, 5) is 11.3. The van der Waals surface area contributed by atoms with Crippen molar-refractivity contribution >= 4 is 29.3 Å². The normalized spacial score (nSPS) is 11.7. The van der Waals surface area contributed by atoms with Gasteiger partial charge in [0.15, 0.2) is 23.3 Å². The molecule has 0 N–H and O–H groups in total. The van der Waals surface area contributed by atoms with Gasteiger partial charge in [0.2, 0.25) is 11.7 Å². The molecule has 12 heteroatoms. The highest BCUT2D eigenvalue weighted by atomic mass is 35.5. The molecule has 0 spiro atoms. The monoisotopic (exact) mass is 508 g/mol. The van der Waals surface area contributed by atoms with Gasteiger partial charge in [0.25, 0.3) is 0 Å². The standard InChI is InChI=1S/C21H15ClF6N2O2S/c1-8-17(33-18-15(27)13(25)12(24)14(26)16(18)28)19(30(29-8)21(2,3)4)32-20(31)11-9(22)6-5-7-10(11)23/h5-7H,1-4H3. The summed E-state index contributed by atoms with van der Waals surface area (Å²) in [5.41, 5.74) is -1.42. The molecule has 0 saturated heterocycles. The Kier molecular flexibility index (Phi) is 6.77. The van der Waals surface area contributed by atoms with Crippen LogP contribution in [0.1, 0.15) is 36.8 Å². The third-order valence-corrected chi connectivity index (χ3v) is 5.88. The van der Waals surface area contributed by atoms with Gasteiger partial charge in [-0.05, 0) is 39.8 Å². The minimum Gasteiger partial charge on any atom is -0.403 e. The highest BCUT2D eigenvalue weighted by Gasteiger charge is 2.32. The second-order valence-corrected chi connectivity index (χ2v) is 9.22. The first kappa shape index (κ1) is 25.0. The van der Waals surface area contributed by atoms with Crippen LogP contribution in [-0.2, 0) is 5.54 Å². The Hall–Kier alpha value is -2.66. The summed E-state index contributed by atoms with van der Waals surface area (Å²) in [6, 6.07) is 3.49. The van der Waals surface area contributed by atoms with E-state index >= 15 is 0 Å². The zero-order chi connectivity index (χ0) is 24.8. The van der Waals surface area contributed by atoms with Crippen molar-refractivity contribution in [2.75, 3.05) is 0 Å². The Bertz CT molecular complexity index is 1220. The molecule has 176 valence electrons. The van der Waals surface area contributed by atoms with E-state index in [1.807, 2.05) is 0 Å². The van der Waals surface area contributed by atoms with Gasteiger partial charge in [-0.25, -0.2) is 35.8 Å². The van der Waals surface area contributed by atoms with E-state index in [0.717, 1.165) is 6.07 Å².